The van der Waals surface area contributed by atoms with Crippen molar-refractivity contribution in [3.05, 3.63) is 57.1 Å². The van der Waals surface area contributed by atoms with Gasteiger partial charge in [0.25, 0.3) is 0 Å². The molecule has 0 fully saturated rings. The van der Waals surface area contributed by atoms with Crippen molar-refractivity contribution in [3.63, 3.8) is 0 Å². The van der Waals surface area contributed by atoms with Crippen LogP contribution < -0.4 is 5.73 Å². The molecule has 19 heavy (non-hydrogen) atoms. The Morgan fingerprint density at radius 3 is 2.11 bits per heavy atom. The summed E-state index contributed by atoms with van der Waals surface area (Å²) < 4.78 is 0.537. The van der Waals surface area contributed by atoms with E-state index in [1.54, 1.807) is 30.3 Å². The molecule has 0 bridgehead atoms. The number of carbonyl (C=O) groups excluding carboxylic acids is 2. The maximum absolute atomic E-state index is 12.5. The highest BCUT2D eigenvalue weighted by atomic mass is 79.9. The first-order chi connectivity index (χ1) is 9.02. The third-order valence-corrected chi connectivity index (χ3v) is 4.16. The average molecular weight is 334 g/mol. The van der Waals surface area contributed by atoms with E-state index < -0.39 is 0 Å². The average Bonchev–Trinajstić information content (AvgIpc) is 2.40. The number of benzene rings is 2. The number of nitrogens with two attached hydrogens (primary N) is 1. The molecule has 0 amide bonds. The Balaban J connectivity index is 2.43. The van der Waals surface area contributed by atoms with E-state index >= 15 is 0 Å². The monoisotopic (exact) mass is 333 g/mol. The van der Waals surface area contributed by atoms with Gasteiger partial charge in [0.05, 0.1) is 16.8 Å². The lowest BCUT2D eigenvalue weighted by Crippen LogP contribution is -2.23. The molecular weight excluding hydrogens is 326 g/mol. The van der Waals surface area contributed by atoms with E-state index in [1.165, 1.54) is 0 Å². The smallest absolute Gasteiger partial charge is 0.196 e. The number of thiol groups is 1. The van der Waals surface area contributed by atoms with Crippen LogP contribution in [0, 0.1) is 0 Å². The van der Waals surface area contributed by atoms with Crippen molar-refractivity contribution in [1.82, 2.24) is 0 Å². The summed E-state index contributed by atoms with van der Waals surface area (Å²) in [5.41, 5.74) is 7.51. The Kier molecular flexibility index (Phi) is 2.76. The molecule has 0 saturated heterocycles. The van der Waals surface area contributed by atoms with Crippen LogP contribution in [0.15, 0.2) is 39.7 Å². The first-order valence-electron chi connectivity index (χ1n) is 5.51. The lowest BCUT2D eigenvalue weighted by atomic mass is 9.83. The fourth-order valence-corrected chi connectivity index (χ4v) is 3.28. The number of halogens is 1. The number of hydrogen-bond donors (Lipinski definition) is 2. The van der Waals surface area contributed by atoms with Gasteiger partial charge in [0.15, 0.2) is 11.6 Å². The zero-order chi connectivity index (χ0) is 13.7. The van der Waals surface area contributed by atoms with Crippen molar-refractivity contribution >= 4 is 45.8 Å². The molecule has 2 aromatic rings. The van der Waals surface area contributed by atoms with Crippen molar-refractivity contribution in [1.29, 1.82) is 0 Å². The second-order valence-electron chi connectivity index (χ2n) is 4.25. The molecule has 2 aromatic carbocycles. The van der Waals surface area contributed by atoms with E-state index in [0.717, 1.165) is 0 Å². The number of fused-ring (bicyclic) bond motifs is 2. The van der Waals surface area contributed by atoms with E-state index in [-0.39, 0.29) is 22.8 Å². The van der Waals surface area contributed by atoms with Crippen molar-refractivity contribution in [3.8, 4) is 0 Å². The van der Waals surface area contributed by atoms with Gasteiger partial charge in [-0.05, 0) is 22.0 Å². The van der Waals surface area contributed by atoms with E-state index in [0.29, 0.717) is 26.1 Å². The summed E-state index contributed by atoms with van der Waals surface area (Å²) in [6.07, 6.45) is 0. The molecule has 0 aliphatic heterocycles. The number of nitrogen functional groups attached to an aromatic ring is 1. The molecule has 0 aromatic heterocycles. The number of rotatable bonds is 0. The quantitative estimate of drug-likeness (QED) is 0.491. The third kappa shape index (κ3) is 1.65. The molecule has 0 spiro atoms. The molecule has 3 nitrogen and oxygen atoms in total. The van der Waals surface area contributed by atoms with Crippen LogP contribution in [0.3, 0.4) is 0 Å². The molecule has 2 N–H and O–H groups in total. The fraction of sp³-hybridized carbons (Fsp3) is 0. The van der Waals surface area contributed by atoms with Crippen molar-refractivity contribution in [2.45, 2.75) is 4.90 Å². The summed E-state index contributed by atoms with van der Waals surface area (Å²) >= 11 is 7.53. The molecular formula is C14H8BrNO2S. The maximum Gasteiger partial charge on any atom is 0.196 e. The van der Waals surface area contributed by atoms with Gasteiger partial charge in [-0.25, -0.2) is 0 Å². The van der Waals surface area contributed by atoms with E-state index in [9.17, 15) is 9.59 Å². The first-order valence-corrected chi connectivity index (χ1v) is 6.75. The summed E-state index contributed by atoms with van der Waals surface area (Å²) in [5, 5.41) is 0. The van der Waals surface area contributed by atoms with Crippen LogP contribution in [0.25, 0.3) is 0 Å². The van der Waals surface area contributed by atoms with Crippen LogP contribution in [0.2, 0.25) is 0 Å². The second kappa shape index (κ2) is 4.21. The molecule has 94 valence electrons. The van der Waals surface area contributed by atoms with Gasteiger partial charge in [-0.1, -0.05) is 24.3 Å². The number of ketones is 2. The molecule has 1 aliphatic carbocycles. The standard InChI is InChI=1S/C14H8BrNO2S/c15-8-5-9(19)12(16)11-10(8)13(17)6-3-1-2-4-7(6)14(11)18/h1-5,19H,16H2. The number of carbonyl (C=O) groups is 2. The summed E-state index contributed by atoms with van der Waals surface area (Å²) in [7, 11) is 0. The zero-order valence-electron chi connectivity index (χ0n) is 9.61. The predicted molar refractivity (Wildman–Crippen MR) is 79.1 cm³/mol. The predicted octanol–water partition coefficient (Wildman–Crippen LogP) is 3.10. The lowest BCUT2D eigenvalue weighted by molar-refractivity contribution is 0.0979. The largest absolute Gasteiger partial charge is 0.397 e. The van der Waals surface area contributed by atoms with Crippen LogP contribution in [-0.4, -0.2) is 11.6 Å². The van der Waals surface area contributed by atoms with E-state index in [1.807, 2.05) is 0 Å². The Hall–Kier alpha value is -1.59. The summed E-state index contributed by atoms with van der Waals surface area (Å²) in [6, 6.07) is 8.38. The van der Waals surface area contributed by atoms with Crippen molar-refractivity contribution in [2.75, 3.05) is 5.73 Å². The Labute approximate surface area is 123 Å². The number of anilines is 1. The van der Waals surface area contributed by atoms with Gasteiger partial charge in [0.2, 0.25) is 0 Å². The highest BCUT2D eigenvalue weighted by molar-refractivity contribution is 9.10. The van der Waals surface area contributed by atoms with Crippen molar-refractivity contribution < 1.29 is 9.59 Å². The van der Waals surface area contributed by atoms with Crippen molar-refractivity contribution in [2.24, 2.45) is 0 Å². The summed E-state index contributed by atoms with van der Waals surface area (Å²) in [5.74, 6) is -0.434. The van der Waals surface area contributed by atoms with Gasteiger partial charge < -0.3 is 5.73 Å². The van der Waals surface area contributed by atoms with Crippen LogP contribution in [0.4, 0.5) is 5.69 Å². The minimum absolute atomic E-state index is 0.197. The Morgan fingerprint density at radius 1 is 1.00 bits per heavy atom. The molecule has 0 radical (unpaired) electrons. The van der Waals surface area contributed by atoms with Crippen LogP contribution in [0.5, 0.6) is 0 Å². The maximum atomic E-state index is 12.5. The molecule has 0 heterocycles. The minimum atomic E-state index is -0.237. The highest BCUT2D eigenvalue weighted by Crippen LogP contribution is 2.38. The number of hydrogen-bond acceptors (Lipinski definition) is 4. The molecule has 3 rings (SSSR count). The van der Waals surface area contributed by atoms with E-state index in [2.05, 4.69) is 28.6 Å². The van der Waals surface area contributed by atoms with Gasteiger partial charge in [0.1, 0.15) is 0 Å². The van der Waals surface area contributed by atoms with Crippen LogP contribution in [-0.2, 0) is 0 Å². The molecule has 0 atom stereocenters. The molecule has 0 saturated carbocycles. The molecule has 1 aliphatic rings. The first kappa shape index (κ1) is 12.4. The molecule has 5 heteroatoms. The Bertz CT molecular complexity index is 755. The molecule has 0 unspecified atom stereocenters. The zero-order valence-corrected chi connectivity index (χ0v) is 12.1. The SMILES string of the molecule is Nc1c(S)cc(Br)c2c1C(=O)c1ccccc1C2=O. The normalized spacial score (nSPS) is 13.2. The van der Waals surface area contributed by atoms with Gasteiger partial charge in [-0.2, -0.15) is 0 Å². The van der Waals surface area contributed by atoms with Gasteiger partial charge in [-0.3, -0.25) is 9.59 Å². The summed E-state index contributed by atoms with van der Waals surface area (Å²) in [4.78, 5) is 25.4. The fourth-order valence-electron chi connectivity index (χ4n) is 2.26. The van der Waals surface area contributed by atoms with Crippen LogP contribution in [0.1, 0.15) is 31.8 Å². The highest BCUT2D eigenvalue weighted by Gasteiger charge is 2.33. The Morgan fingerprint density at radius 2 is 1.53 bits per heavy atom. The lowest BCUT2D eigenvalue weighted by Gasteiger charge is -2.20. The van der Waals surface area contributed by atoms with Gasteiger partial charge in [-0.15, -0.1) is 12.6 Å². The minimum Gasteiger partial charge on any atom is -0.397 e. The van der Waals surface area contributed by atoms with Gasteiger partial charge in [0, 0.05) is 20.5 Å². The third-order valence-electron chi connectivity index (χ3n) is 3.17. The van der Waals surface area contributed by atoms with Gasteiger partial charge >= 0.3 is 0 Å². The summed E-state index contributed by atoms with van der Waals surface area (Å²) in [6.45, 7) is 0. The van der Waals surface area contributed by atoms with Crippen LogP contribution >= 0.6 is 28.6 Å². The second-order valence-corrected chi connectivity index (χ2v) is 5.58. The van der Waals surface area contributed by atoms with E-state index in [4.69, 9.17) is 5.73 Å². The topological polar surface area (TPSA) is 60.2 Å².